The van der Waals surface area contributed by atoms with E-state index >= 15 is 0 Å². The summed E-state index contributed by atoms with van der Waals surface area (Å²) in [7, 11) is 0. The average Bonchev–Trinajstić information content (AvgIpc) is 2.85. The zero-order chi connectivity index (χ0) is 9.68. The highest BCUT2D eigenvalue weighted by Gasteiger charge is 2.45. The molecule has 0 aromatic heterocycles. The summed E-state index contributed by atoms with van der Waals surface area (Å²) in [6, 6.07) is 0. The Hall–Kier alpha value is -0.570. The lowest BCUT2D eigenvalue weighted by atomic mass is 10.1. The fraction of sp³-hybridized carbons (Fsp3) is 0.900. The molecule has 1 rings (SSSR count). The highest BCUT2D eigenvalue weighted by molar-refractivity contribution is 5.77. The van der Waals surface area contributed by atoms with Crippen molar-refractivity contribution in [1.29, 1.82) is 0 Å². The van der Waals surface area contributed by atoms with Gasteiger partial charge in [0.25, 0.3) is 0 Å². The second kappa shape index (κ2) is 5.22. The highest BCUT2D eigenvalue weighted by atomic mass is 16.6. The summed E-state index contributed by atoms with van der Waals surface area (Å²) in [5.41, 5.74) is 0. The molecule has 0 spiro atoms. The smallest absolute Gasteiger partial charge is 0.337 e. The number of hydrogen-bond acceptors (Lipinski definition) is 3. The van der Waals surface area contributed by atoms with Gasteiger partial charge in [0.2, 0.25) is 0 Å². The van der Waals surface area contributed by atoms with Crippen LogP contribution in [0.4, 0.5) is 0 Å². The Labute approximate surface area is 79.4 Å². The second-order valence-corrected chi connectivity index (χ2v) is 3.34. The standard InChI is InChI=1S/C10H18O3/c1-3-5-6-7-8-9(13-8)10(11)12-4-2/h8-9H,3-7H2,1-2H3. The first-order valence-electron chi connectivity index (χ1n) is 5.11. The molecule has 1 aliphatic heterocycles. The maximum Gasteiger partial charge on any atom is 0.337 e. The second-order valence-electron chi connectivity index (χ2n) is 3.34. The maximum atomic E-state index is 11.1. The van der Waals surface area contributed by atoms with Gasteiger partial charge in [-0.15, -0.1) is 0 Å². The molecule has 1 aliphatic rings. The molecular weight excluding hydrogens is 168 g/mol. The first-order valence-corrected chi connectivity index (χ1v) is 5.11. The van der Waals surface area contributed by atoms with Crippen LogP contribution in [0.3, 0.4) is 0 Å². The van der Waals surface area contributed by atoms with Crippen molar-refractivity contribution in [1.82, 2.24) is 0 Å². The summed E-state index contributed by atoms with van der Waals surface area (Å²) < 4.78 is 10.0. The minimum atomic E-state index is -0.253. The predicted molar refractivity (Wildman–Crippen MR) is 49.4 cm³/mol. The Morgan fingerprint density at radius 2 is 2.15 bits per heavy atom. The Kier molecular flexibility index (Phi) is 4.22. The molecule has 0 N–H and O–H groups in total. The van der Waals surface area contributed by atoms with Gasteiger partial charge < -0.3 is 9.47 Å². The lowest BCUT2D eigenvalue weighted by Crippen LogP contribution is -2.13. The van der Waals surface area contributed by atoms with Gasteiger partial charge in [-0.25, -0.2) is 4.79 Å². The van der Waals surface area contributed by atoms with Crippen molar-refractivity contribution >= 4 is 5.97 Å². The van der Waals surface area contributed by atoms with Gasteiger partial charge in [-0.2, -0.15) is 0 Å². The van der Waals surface area contributed by atoms with Crippen molar-refractivity contribution in [3.63, 3.8) is 0 Å². The number of carbonyl (C=O) groups excluding carboxylic acids is 1. The van der Waals surface area contributed by atoms with Gasteiger partial charge in [0.05, 0.1) is 12.7 Å². The summed E-state index contributed by atoms with van der Waals surface area (Å²) >= 11 is 0. The van der Waals surface area contributed by atoms with E-state index in [1.54, 1.807) is 0 Å². The van der Waals surface area contributed by atoms with Crippen LogP contribution < -0.4 is 0 Å². The highest BCUT2D eigenvalue weighted by Crippen LogP contribution is 2.28. The molecule has 76 valence electrons. The van der Waals surface area contributed by atoms with Gasteiger partial charge in [0.15, 0.2) is 6.10 Å². The van der Waals surface area contributed by atoms with E-state index in [2.05, 4.69) is 6.92 Å². The fourth-order valence-electron chi connectivity index (χ4n) is 1.39. The maximum absolute atomic E-state index is 11.1. The molecule has 3 heteroatoms. The zero-order valence-electron chi connectivity index (χ0n) is 8.41. The third-order valence-corrected chi connectivity index (χ3v) is 2.19. The minimum absolute atomic E-state index is 0.144. The van der Waals surface area contributed by atoms with Gasteiger partial charge in [0.1, 0.15) is 0 Å². The van der Waals surface area contributed by atoms with Crippen LogP contribution in [-0.2, 0) is 14.3 Å². The van der Waals surface area contributed by atoms with Crippen LogP contribution in [0.15, 0.2) is 0 Å². The van der Waals surface area contributed by atoms with E-state index < -0.39 is 0 Å². The molecule has 13 heavy (non-hydrogen) atoms. The first kappa shape index (κ1) is 10.5. The molecule has 2 atom stereocenters. The van der Waals surface area contributed by atoms with E-state index in [-0.39, 0.29) is 18.2 Å². The third-order valence-electron chi connectivity index (χ3n) is 2.19. The minimum Gasteiger partial charge on any atom is -0.464 e. The number of carbonyl (C=O) groups is 1. The number of hydrogen-bond donors (Lipinski definition) is 0. The third kappa shape index (κ3) is 3.35. The summed E-state index contributed by atoms with van der Waals surface area (Å²) in [6.07, 6.45) is 4.46. The molecule has 1 fully saturated rings. The van der Waals surface area contributed by atoms with Gasteiger partial charge in [-0.05, 0) is 13.3 Å². The number of ether oxygens (including phenoxy) is 2. The van der Waals surface area contributed by atoms with Gasteiger partial charge in [-0.1, -0.05) is 26.2 Å². The summed E-state index contributed by atoms with van der Waals surface area (Å²) in [4.78, 5) is 11.1. The molecule has 1 heterocycles. The van der Waals surface area contributed by atoms with Crippen molar-refractivity contribution in [3.05, 3.63) is 0 Å². The fourth-order valence-corrected chi connectivity index (χ4v) is 1.39. The molecule has 0 aliphatic carbocycles. The monoisotopic (exact) mass is 186 g/mol. The molecule has 3 nitrogen and oxygen atoms in total. The normalized spacial score (nSPS) is 25.7. The Morgan fingerprint density at radius 3 is 2.77 bits per heavy atom. The molecule has 0 aromatic rings. The van der Waals surface area contributed by atoms with E-state index in [0.29, 0.717) is 6.61 Å². The largest absolute Gasteiger partial charge is 0.464 e. The Balaban J connectivity index is 2.04. The van der Waals surface area contributed by atoms with Crippen LogP contribution in [-0.4, -0.2) is 24.8 Å². The van der Waals surface area contributed by atoms with E-state index in [0.717, 1.165) is 12.8 Å². The van der Waals surface area contributed by atoms with Crippen molar-refractivity contribution < 1.29 is 14.3 Å². The van der Waals surface area contributed by atoms with Crippen LogP contribution in [0.1, 0.15) is 39.5 Å². The van der Waals surface area contributed by atoms with E-state index in [4.69, 9.17) is 9.47 Å². The number of epoxide rings is 1. The average molecular weight is 186 g/mol. The van der Waals surface area contributed by atoms with Crippen molar-refractivity contribution in [3.8, 4) is 0 Å². The van der Waals surface area contributed by atoms with Crippen LogP contribution in [0.2, 0.25) is 0 Å². The molecule has 0 aromatic carbocycles. The zero-order valence-corrected chi connectivity index (χ0v) is 8.41. The molecule has 0 amide bonds. The van der Waals surface area contributed by atoms with Gasteiger partial charge >= 0.3 is 5.97 Å². The quantitative estimate of drug-likeness (QED) is 0.361. The number of unbranched alkanes of at least 4 members (excludes halogenated alkanes) is 2. The van der Waals surface area contributed by atoms with E-state index in [9.17, 15) is 4.79 Å². The molecule has 0 radical (unpaired) electrons. The Bertz CT molecular complexity index is 168. The number of esters is 1. The van der Waals surface area contributed by atoms with Crippen LogP contribution in [0.25, 0.3) is 0 Å². The van der Waals surface area contributed by atoms with Crippen molar-refractivity contribution in [2.45, 2.75) is 51.7 Å². The topological polar surface area (TPSA) is 38.8 Å². The molecule has 2 unspecified atom stereocenters. The summed E-state index contributed by atoms with van der Waals surface area (Å²) in [6.45, 7) is 4.42. The Morgan fingerprint density at radius 1 is 1.38 bits per heavy atom. The first-order chi connectivity index (χ1) is 6.29. The van der Waals surface area contributed by atoms with E-state index in [1.165, 1.54) is 12.8 Å². The van der Waals surface area contributed by atoms with Crippen LogP contribution in [0, 0.1) is 0 Å². The van der Waals surface area contributed by atoms with E-state index in [1.807, 2.05) is 6.92 Å². The van der Waals surface area contributed by atoms with Crippen LogP contribution >= 0.6 is 0 Å². The molecule has 1 saturated heterocycles. The van der Waals surface area contributed by atoms with Gasteiger partial charge in [0, 0.05) is 0 Å². The molecule has 0 saturated carbocycles. The SMILES string of the molecule is CCCCCC1OC1C(=O)OCC. The summed E-state index contributed by atoms with van der Waals surface area (Å²) in [5, 5.41) is 0. The summed E-state index contributed by atoms with van der Waals surface area (Å²) in [5.74, 6) is -0.191. The van der Waals surface area contributed by atoms with Crippen molar-refractivity contribution in [2.75, 3.05) is 6.61 Å². The van der Waals surface area contributed by atoms with Gasteiger partial charge in [-0.3, -0.25) is 0 Å². The van der Waals surface area contributed by atoms with Crippen LogP contribution in [0.5, 0.6) is 0 Å². The predicted octanol–water partition coefficient (Wildman–Crippen LogP) is 1.90. The van der Waals surface area contributed by atoms with Crippen molar-refractivity contribution in [2.24, 2.45) is 0 Å². The lowest BCUT2D eigenvalue weighted by Gasteiger charge is -1.96. The molecule has 0 bridgehead atoms. The molecular formula is C10H18O3. The lowest BCUT2D eigenvalue weighted by molar-refractivity contribution is -0.144. The number of rotatable bonds is 6.